The van der Waals surface area contributed by atoms with E-state index in [1.807, 2.05) is 25.1 Å². The number of halogens is 1. The zero-order valence-corrected chi connectivity index (χ0v) is 14.3. The molecular formula is C15H18BrN3S. The summed E-state index contributed by atoms with van der Waals surface area (Å²) in [4.78, 5) is 10.2. The smallest absolute Gasteiger partial charge is 0.141 e. The van der Waals surface area contributed by atoms with Crippen LogP contribution in [0.1, 0.15) is 36.8 Å². The van der Waals surface area contributed by atoms with Gasteiger partial charge in [0.1, 0.15) is 11.6 Å². The van der Waals surface area contributed by atoms with E-state index in [2.05, 4.69) is 45.8 Å². The van der Waals surface area contributed by atoms with Gasteiger partial charge in [-0.25, -0.2) is 9.97 Å². The van der Waals surface area contributed by atoms with Crippen LogP contribution in [-0.2, 0) is 5.75 Å². The van der Waals surface area contributed by atoms with Crippen molar-refractivity contribution >= 4 is 33.5 Å². The van der Waals surface area contributed by atoms with E-state index < -0.39 is 0 Å². The van der Waals surface area contributed by atoms with Crippen molar-refractivity contribution in [2.75, 3.05) is 5.73 Å². The van der Waals surface area contributed by atoms with Gasteiger partial charge in [-0.3, -0.25) is 0 Å². The molecular weight excluding hydrogens is 334 g/mol. The highest BCUT2D eigenvalue weighted by atomic mass is 79.9. The molecule has 1 aromatic carbocycles. The predicted molar refractivity (Wildman–Crippen MR) is 89.0 cm³/mol. The van der Waals surface area contributed by atoms with Gasteiger partial charge in [-0.2, -0.15) is 0 Å². The Morgan fingerprint density at radius 3 is 2.55 bits per heavy atom. The van der Waals surface area contributed by atoms with Gasteiger partial charge in [-0.15, -0.1) is 11.8 Å². The second kappa shape index (κ2) is 6.59. The van der Waals surface area contributed by atoms with Gasteiger partial charge in [0.2, 0.25) is 0 Å². The summed E-state index contributed by atoms with van der Waals surface area (Å²) in [7, 11) is 0. The van der Waals surface area contributed by atoms with E-state index in [0.717, 1.165) is 21.6 Å². The van der Waals surface area contributed by atoms with Crippen LogP contribution in [0.15, 0.2) is 33.6 Å². The fraction of sp³-hybridized carbons (Fsp3) is 0.333. The van der Waals surface area contributed by atoms with Crippen LogP contribution in [0, 0.1) is 6.92 Å². The Hall–Kier alpha value is -1.07. The largest absolute Gasteiger partial charge is 0.383 e. The number of hydrogen-bond acceptors (Lipinski definition) is 4. The quantitative estimate of drug-likeness (QED) is 0.821. The summed E-state index contributed by atoms with van der Waals surface area (Å²) >= 11 is 5.25. The van der Waals surface area contributed by atoms with Crippen LogP contribution in [0.4, 0.5) is 5.82 Å². The number of nitrogens with zero attached hydrogens (tertiary/aromatic N) is 2. The van der Waals surface area contributed by atoms with E-state index in [1.54, 1.807) is 11.8 Å². The molecule has 0 spiro atoms. The second-order valence-corrected chi connectivity index (χ2v) is 6.77. The molecule has 0 saturated heterocycles. The number of rotatable bonds is 4. The number of hydrogen-bond donors (Lipinski definition) is 1. The Morgan fingerprint density at radius 1 is 1.25 bits per heavy atom. The minimum absolute atomic E-state index is 0.347. The van der Waals surface area contributed by atoms with Crippen molar-refractivity contribution in [3.05, 3.63) is 45.8 Å². The van der Waals surface area contributed by atoms with Gasteiger partial charge < -0.3 is 5.73 Å². The molecule has 0 aliphatic heterocycles. The van der Waals surface area contributed by atoms with Crippen LogP contribution in [0.5, 0.6) is 0 Å². The number of benzene rings is 1. The first-order valence-electron chi connectivity index (χ1n) is 6.49. The van der Waals surface area contributed by atoms with E-state index in [1.165, 1.54) is 4.90 Å². The van der Waals surface area contributed by atoms with Crippen LogP contribution in [0.2, 0.25) is 0 Å². The van der Waals surface area contributed by atoms with Crippen molar-refractivity contribution in [2.45, 2.75) is 37.3 Å². The van der Waals surface area contributed by atoms with Crippen LogP contribution >= 0.6 is 27.7 Å². The molecule has 0 aliphatic rings. The monoisotopic (exact) mass is 351 g/mol. The minimum atomic E-state index is 0.347. The maximum atomic E-state index is 6.05. The van der Waals surface area contributed by atoms with Crippen molar-refractivity contribution in [2.24, 2.45) is 0 Å². The molecule has 0 atom stereocenters. The third-order valence-electron chi connectivity index (χ3n) is 2.98. The number of aryl methyl sites for hydroxylation is 1. The molecule has 2 rings (SSSR count). The molecule has 106 valence electrons. The molecule has 1 aromatic heterocycles. The summed E-state index contributed by atoms with van der Waals surface area (Å²) in [5, 5.41) is 0. The summed E-state index contributed by atoms with van der Waals surface area (Å²) in [5.74, 6) is 2.45. The van der Waals surface area contributed by atoms with Gasteiger partial charge in [0.15, 0.2) is 0 Å². The van der Waals surface area contributed by atoms with Crippen LogP contribution < -0.4 is 5.73 Å². The van der Waals surface area contributed by atoms with Crippen LogP contribution in [0.25, 0.3) is 0 Å². The number of thioether (sulfide) groups is 1. The fourth-order valence-electron chi connectivity index (χ4n) is 2.15. The topological polar surface area (TPSA) is 51.8 Å². The highest BCUT2D eigenvalue weighted by molar-refractivity contribution is 9.10. The van der Waals surface area contributed by atoms with Crippen molar-refractivity contribution < 1.29 is 0 Å². The van der Waals surface area contributed by atoms with E-state index >= 15 is 0 Å². The third-order valence-corrected chi connectivity index (χ3v) is 5.01. The highest BCUT2D eigenvalue weighted by Crippen LogP contribution is 2.30. The average molecular weight is 352 g/mol. The molecule has 5 heteroatoms. The predicted octanol–water partition coefficient (Wildman–Crippen LogP) is 4.55. The molecule has 0 amide bonds. The second-order valence-electron chi connectivity index (χ2n) is 4.90. The first-order valence-corrected chi connectivity index (χ1v) is 8.27. The Labute approximate surface area is 132 Å². The molecule has 0 aliphatic carbocycles. The SMILES string of the molecule is Cc1nc(CSc2ccccc2Br)nc(N)c1C(C)C. The summed E-state index contributed by atoms with van der Waals surface area (Å²) < 4.78 is 1.09. The summed E-state index contributed by atoms with van der Waals surface area (Å²) in [6, 6.07) is 8.14. The Balaban J connectivity index is 2.17. The number of anilines is 1. The van der Waals surface area contributed by atoms with Gasteiger partial charge in [0, 0.05) is 20.6 Å². The molecule has 0 fully saturated rings. The number of nitrogen functional groups attached to an aromatic ring is 1. The molecule has 0 saturated carbocycles. The Bertz CT molecular complexity index is 591. The molecule has 0 bridgehead atoms. The van der Waals surface area contributed by atoms with Crippen molar-refractivity contribution in [1.82, 2.24) is 9.97 Å². The normalized spacial score (nSPS) is 11.1. The maximum Gasteiger partial charge on any atom is 0.141 e. The summed E-state index contributed by atoms with van der Waals surface area (Å²) in [6.45, 7) is 6.22. The standard InChI is InChI=1S/C15H18BrN3S/c1-9(2)14-10(3)18-13(19-15(14)17)8-20-12-7-5-4-6-11(12)16/h4-7,9H,8H2,1-3H3,(H2,17,18,19). The van der Waals surface area contributed by atoms with Crippen molar-refractivity contribution in [3.8, 4) is 0 Å². The lowest BCUT2D eigenvalue weighted by Gasteiger charge is -2.13. The lowest BCUT2D eigenvalue weighted by Crippen LogP contribution is -2.08. The average Bonchev–Trinajstić information content (AvgIpc) is 2.36. The fourth-order valence-corrected chi connectivity index (χ4v) is 3.57. The van der Waals surface area contributed by atoms with E-state index in [4.69, 9.17) is 5.73 Å². The molecule has 0 unspecified atom stereocenters. The van der Waals surface area contributed by atoms with Gasteiger partial charge in [0.05, 0.1) is 5.75 Å². The molecule has 2 aromatic rings. The van der Waals surface area contributed by atoms with Crippen LogP contribution in [-0.4, -0.2) is 9.97 Å². The lowest BCUT2D eigenvalue weighted by molar-refractivity contribution is 0.823. The first kappa shape index (κ1) is 15.3. The number of aromatic nitrogens is 2. The highest BCUT2D eigenvalue weighted by Gasteiger charge is 2.12. The molecule has 20 heavy (non-hydrogen) atoms. The van der Waals surface area contributed by atoms with Gasteiger partial charge in [-0.1, -0.05) is 26.0 Å². The Morgan fingerprint density at radius 2 is 1.95 bits per heavy atom. The van der Waals surface area contributed by atoms with Crippen molar-refractivity contribution in [1.29, 1.82) is 0 Å². The van der Waals surface area contributed by atoms with Gasteiger partial charge >= 0.3 is 0 Å². The van der Waals surface area contributed by atoms with Crippen LogP contribution in [0.3, 0.4) is 0 Å². The van der Waals surface area contributed by atoms with E-state index in [-0.39, 0.29) is 0 Å². The van der Waals surface area contributed by atoms with Gasteiger partial charge in [0.25, 0.3) is 0 Å². The maximum absolute atomic E-state index is 6.05. The van der Waals surface area contributed by atoms with Gasteiger partial charge in [-0.05, 0) is 40.9 Å². The van der Waals surface area contributed by atoms with E-state index in [9.17, 15) is 0 Å². The summed E-state index contributed by atoms with van der Waals surface area (Å²) in [6.07, 6.45) is 0. The van der Waals surface area contributed by atoms with Crippen molar-refractivity contribution in [3.63, 3.8) is 0 Å². The lowest BCUT2D eigenvalue weighted by atomic mass is 10.0. The zero-order valence-electron chi connectivity index (χ0n) is 11.9. The molecule has 2 N–H and O–H groups in total. The number of nitrogens with two attached hydrogens (primary N) is 1. The van der Waals surface area contributed by atoms with E-state index in [0.29, 0.717) is 17.5 Å². The summed E-state index contributed by atoms with van der Waals surface area (Å²) in [5.41, 5.74) is 8.09. The third kappa shape index (κ3) is 3.52. The molecule has 0 radical (unpaired) electrons. The Kier molecular flexibility index (Phi) is 5.05. The first-order chi connectivity index (χ1) is 9.49. The minimum Gasteiger partial charge on any atom is -0.383 e. The zero-order chi connectivity index (χ0) is 14.7. The molecule has 3 nitrogen and oxygen atoms in total. The molecule has 1 heterocycles.